The van der Waals surface area contributed by atoms with Gasteiger partial charge >= 0.3 is 0 Å². The van der Waals surface area contributed by atoms with E-state index in [1.807, 2.05) is 28.8 Å². The molecule has 0 saturated carbocycles. The number of guanidine groups is 1. The van der Waals surface area contributed by atoms with Gasteiger partial charge in [-0.1, -0.05) is 32.3 Å². The van der Waals surface area contributed by atoms with Crippen LogP contribution in [0.15, 0.2) is 29.4 Å². The lowest BCUT2D eigenvalue weighted by Crippen LogP contribution is -2.42. The van der Waals surface area contributed by atoms with E-state index in [1.54, 1.807) is 0 Å². The molecule has 1 atom stereocenters. The van der Waals surface area contributed by atoms with E-state index < -0.39 is 0 Å². The van der Waals surface area contributed by atoms with Gasteiger partial charge in [-0.05, 0) is 32.4 Å². The Hall–Kier alpha value is -1.38. The van der Waals surface area contributed by atoms with Gasteiger partial charge in [0.25, 0.3) is 0 Å². The molecule has 25 heavy (non-hydrogen) atoms. The minimum Gasteiger partial charge on any atom is -0.357 e. The molecule has 0 radical (unpaired) electrons. The molecule has 2 heterocycles. The molecule has 0 fully saturated rings. The lowest BCUT2D eigenvalue weighted by atomic mass is 10.1. The predicted molar refractivity (Wildman–Crippen MR) is 115 cm³/mol. The van der Waals surface area contributed by atoms with Crippen LogP contribution in [0.1, 0.15) is 52.3 Å². The second-order valence-electron chi connectivity index (χ2n) is 6.10. The van der Waals surface area contributed by atoms with Crippen LogP contribution in [-0.4, -0.2) is 39.7 Å². The van der Waals surface area contributed by atoms with Gasteiger partial charge in [0.15, 0.2) is 11.6 Å². The molecule has 140 valence electrons. The Morgan fingerprint density at radius 3 is 2.84 bits per heavy atom. The standard InChI is InChI=1S/C18H30N6.HI/c1-4-6-7-10-15(3)21-18(19-5-2)20-13-12-17-23-22-16-11-8-9-14-24(16)17;/h8-9,11,14-15H,4-7,10,12-13H2,1-3H3,(H2,19,20,21);1H. The van der Waals surface area contributed by atoms with Crippen molar-refractivity contribution in [2.45, 2.75) is 58.9 Å². The zero-order valence-electron chi connectivity index (χ0n) is 15.5. The smallest absolute Gasteiger partial charge is 0.191 e. The Balaban J connectivity index is 0.00000312. The fourth-order valence-corrected chi connectivity index (χ4v) is 2.66. The van der Waals surface area contributed by atoms with Gasteiger partial charge in [-0.25, -0.2) is 0 Å². The highest BCUT2D eigenvalue weighted by atomic mass is 127. The number of unbranched alkanes of at least 4 members (excludes halogenated alkanes) is 2. The molecule has 0 aliphatic heterocycles. The van der Waals surface area contributed by atoms with E-state index >= 15 is 0 Å². The molecule has 0 bridgehead atoms. The maximum absolute atomic E-state index is 4.68. The number of hydrogen-bond donors (Lipinski definition) is 2. The second kappa shape index (κ2) is 12.1. The van der Waals surface area contributed by atoms with Gasteiger partial charge in [-0.2, -0.15) is 0 Å². The summed E-state index contributed by atoms with van der Waals surface area (Å²) in [5.74, 6) is 1.83. The maximum atomic E-state index is 4.68. The van der Waals surface area contributed by atoms with Crippen LogP contribution >= 0.6 is 24.0 Å². The van der Waals surface area contributed by atoms with Crippen molar-refractivity contribution in [2.75, 3.05) is 13.1 Å². The van der Waals surface area contributed by atoms with Crippen LogP contribution in [0.4, 0.5) is 0 Å². The van der Waals surface area contributed by atoms with Gasteiger partial charge in [0, 0.05) is 31.7 Å². The molecule has 0 aliphatic carbocycles. The minimum atomic E-state index is 0. The van der Waals surface area contributed by atoms with Crippen LogP contribution < -0.4 is 10.6 Å². The van der Waals surface area contributed by atoms with Crippen LogP contribution in [-0.2, 0) is 6.42 Å². The number of fused-ring (bicyclic) bond motifs is 1. The van der Waals surface area contributed by atoms with Crippen molar-refractivity contribution in [2.24, 2.45) is 4.99 Å². The summed E-state index contributed by atoms with van der Waals surface area (Å²) >= 11 is 0. The number of nitrogens with zero attached hydrogens (tertiary/aromatic N) is 4. The number of halogens is 1. The molecule has 7 heteroatoms. The number of rotatable bonds is 9. The summed E-state index contributed by atoms with van der Waals surface area (Å²) < 4.78 is 2.02. The Morgan fingerprint density at radius 1 is 1.24 bits per heavy atom. The molecular weight excluding hydrogens is 427 g/mol. The second-order valence-corrected chi connectivity index (χ2v) is 6.10. The van der Waals surface area contributed by atoms with E-state index in [1.165, 1.54) is 25.7 Å². The van der Waals surface area contributed by atoms with Crippen LogP contribution in [0.2, 0.25) is 0 Å². The molecule has 6 nitrogen and oxygen atoms in total. The van der Waals surface area contributed by atoms with E-state index in [-0.39, 0.29) is 24.0 Å². The van der Waals surface area contributed by atoms with Gasteiger partial charge in [0.2, 0.25) is 0 Å². The van der Waals surface area contributed by atoms with Crippen LogP contribution in [0, 0.1) is 0 Å². The first-order valence-corrected chi connectivity index (χ1v) is 9.08. The fraction of sp³-hybridized carbons (Fsp3) is 0.611. The largest absolute Gasteiger partial charge is 0.357 e. The van der Waals surface area contributed by atoms with Gasteiger partial charge in [0.1, 0.15) is 5.82 Å². The fourth-order valence-electron chi connectivity index (χ4n) is 2.66. The number of pyridine rings is 1. The highest BCUT2D eigenvalue weighted by Crippen LogP contribution is 2.04. The summed E-state index contributed by atoms with van der Waals surface area (Å²) in [4.78, 5) is 4.68. The monoisotopic (exact) mass is 458 g/mol. The summed E-state index contributed by atoms with van der Waals surface area (Å²) in [6.07, 6.45) is 7.75. The molecule has 2 rings (SSSR count). The highest BCUT2D eigenvalue weighted by molar-refractivity contribution is 14.0. The lowest BCUT2D eigenvalue weighted by molar-refractivity contribution is 0.547. The maximum Gasteiger partial charge on any atom is 0.191 e. The summed E-state index contributed by atoms with van der Waals surface area (Å²) in [6.45, 7) is 8.09. The summed E-state index contributed by atoms with van der Waals surface area (Å²) in [5.41, 5.74) is 0.881. The van der Waals surface area contributed by atoms with Crippen molar-refractivity contribution in [3.05, 3.63) is 30.2 Å². The van der Waals surface area contributed by atoms with E-state index in [2.05, 4.69) is 46.6 Å². The first-order valence-electron chi connectivity index (χ1n) is 9.08. The molecule has 0 aromatic carbocycles. The van der Waals surface area contributed by atoms with Gasteiger partial charge in [0.05, 0.1) is 0 Å². The van der Waals surface area contributed by atoms with Crippen molar-refractivity contribution in [1.82, 2.24) is 25.2 Å². The van der Waals surface area contributed by atoms with Crippen molar-refractivity contribution in [1.29, 1.82) is 0 Å². The molecule has 2 N–H and O–H groups in total. The van der Waals surface area contributed by atoms with E-state index in [9.17, 15) is 0 Å². The Bertz CT molecular complexity index is 639. The first-order chi connectivity index (χ1) is 11.7. The van der Waals surface area contributed by atoms with E-state index in [4.69, 9.17) is 0 Å². The van der Waals surface area contributed by atoms with Crippen molar-refractivity contribution >= 4 is 35.6 Å². The van der Waals surface area contributed by atoms with Crippen molar-refractivity contribution in [3.8, 4) is 0 Å². The molecule has 0 spiro atoms. The molecule has 1 unspecified atom stereocenters. The third kappa shape index (κ3) is 7.17. The molecule has 2 aromatic heterocycles. The molecule has 0 saturated heterocycles. The summed E-state index contributed by atoms with van der Waals surface area (Å²) in [7, 11) is 0. The summed E-state index contributed by atoms with van der Waals surface area (Å²) in [5, 5.41) is 15.2. The predicted octanol–water partition coefficient (Wildman–Crippen LogP) is 3.41. The lowest BCUT2D eigenvalue weighted by Gasteiger charge is -2.17. The quantitative estimate of drug-likeness (QED) is 0.262. The Morgan fingerprint density at radius 2 is 2.08 bits per heavy atom. The molecule has 2 aromatic rings. The van der Waals surface area contributed by atoms with Gasteiger partial charge in [-0.15, -0.1) is 34.2 Å². The molecular formula is C18H31IN6. The topological polar surface area (TPSA) is 66.6 Å². The van der Waals surface area contributed by atoms with Crippen LogP contribution in [0.5, 0.6) is 0 Å². The van der Waals surface area contributed by atoms with E-state index in [0.29, 0.717) is 12.6 Å². The van der Waals surface area contributed by atoms with Crippen LogP contribution in [0.3, 0.4) is 0 Å². The third-order valence-corrected chi connectivity index (χ3v) is 3.96. The summed E-state index contributed by atoms with van der Waals surface area (Å²) in [6, 6.07) is 6.36. The van der Waals surface area contributed by atoms with E-state index in [0.717, 1.165) is 30.4 Å². The normalized spacial score (nSPS) is 12.7. The van der Waals surface area contributed by atoms with Crippen LogP contribution in [0.25, 0.3) is 5.65 Å². The first kappa shape index (κ1) is 21.7. The van der Waals surface area contributed by atoms with Gasteiger partial charge < -0.3 is 10.6 Å². The SMILES string of the molecule is CCCCCC(C)NC(=NCCc1nnc2ccccn12)NCC.I. The Labute approximate surface area is 167 Å². The average molecular weight is 458 g/mol. The Kier molecular flexibility index (Phi) is 10.4. The molecule has 0 amide bonds. The average Bonchev–Trinajstić information content (AvgIpc) is 2.99. The van der Waals surface area contributed by atoms with Gasteiger partial charge in [-0.3, -0.25) is 9.39 Å². The minimum absolute atomic E-state index is 0. The highest BCUT2D eigenvalue weighted by Gasteiger charge is 2.06. The third-order valence-electron chi connectivity index (χ3n) is 3.96. The van der Waals surface area contributed by atoms with Crippen molar-refractivity contribution in [3.63, 3.8) is 0 Å². The molecule has 0 aliphatic rings. The zero-order chi connectivity index (χ0) is 17.2. The van der Waals surface area contributed by atoms with Crippen molar-refractivity contribution < 1.29 is 0 Å². The number of aliphatic imine (C=N–C) groups is 1. The number of aromatic nitrogens is 3. The zero-order valence-corrected chi connectivity index (χ0v) is 17.9. The number of hydrogen-bond acceptors (Lipinski definition) is 3. The number of nitrogens with one attached hydrogen (secondary N) is 2.